The topological polar surface area (TPSA) is 74.5 Å². The summed E-state index contributed by atoms with van der Waals surface area (Å²) >= 11 is 1.60. The van der Waals surface area contributed by atoms with Gasteiger partial charge in [-0.1, -0.05) is 6.07 Å². The van der Waals surface area contributed by atoms with Crippen LogP contribution in [0.5, 0.6) is 0 Å². The molecule has 2 fully saturated rings. The largest absolute Gasteiger partial charge is 0.419 e. The quantitative estimate of drug-likeness (QED) is 0.842. The minimum Gasteiger partial charge on any atom is -0.419 e. The fraction of sp³-hybridized carbons (Fsp3) is 0.588. The van der Waals surface area contributed by atoms with E-state index in [4.69, 9.17) is 4.42 Å². The van der Waals surface area contributed by atoms with E-state index in [1.165, 1.54) is 0 Å². The van der Waals surface area contributed by atoms with Crippen LogP contribution < -0.4 is 5.32 Å². The first kappa shape index (κ1) is 16.7. The number of nitrogens with one attached hydrogen (secondary N) is 1. The van der Waals surface area contributed by atoms with Gasteiger partial charge in [-0.2, -0.15) is 0 Å². The molecule has 3 heterocycles. The van der Waals surface area contributed by atoms with E-state index in [-0.39, 0.29) is 11.9 Å². The lowest BCUT2D eigenvalue weighted by Crippen LogP contribution is -2.53. The summed E-state index contributed by atoms with van der Waals surface area (Å²) in [5, 5.41) is 13.4. The van der Waals surface area contributed by atoms with E-state index in [0.717, 1.165) is 43.9 Å². The average Bonchev–Trinajstić information content (AvgIpc) is 3.10. The summed E-state index contributed by atoms with van der Waals surface area (Å²) in [4.78, 5) is 17.7. The van der Waals surface area contributed by atoms with Gasteiger partial charge in [0.15, 0.2) is 0 Å². The summed E-state index contributed by atoms with van der Waals surface area (Å²) in [5.41, 5.74) is 0. The van der Waals surface area contributed by atoms with Crippen LogP contribution in [0.1, 0.15) is 25.7 Å². The Labute approximate surface area is 151 Å². The third kappa shape index (κ3) is 4.08. The number of hydrogen-bond donors (Lipinski definition) is 1. The molecule has 0 spiro atoms. The maximum atomic E-state index is 12.2. The molecule has 1 amide bonds. The maximum absolute atomic E-state index is 12.2. The van der Waals surface area contributed by atoms with Crippen molar-refractivity contribution in [1.29, 1.82) is 0 Å². The molecule has 0 radical (unpaired) electrons. The summed E-state index contributed by atoms with van der Waals surface area (Å²) in [7, 11) is 0. The van der Waals surface area contributed by atoms with Gasteiger partial charge in [-0.3, -0.25) is 14.6 Å². The van der Waals surface area contributed by atoms with Crippen LogP contribution in [0.4, 0.5) is 0 Å². The second-order valence-electron chi connectivity index (χ2n) is 6.75. The first-order chi connectivity index (χ1) is 12.2. The zero-order valence-corrected chi connectivity index (χ0v) is 15.2. The van der Waals surface area contributed by atoms with Crippen LogP contribution in [0.3, 0.4) is 0 Å². The van der Waals surface area contributed by atoms with E-state index in [9.17, 15) is 4.79 Å². The molecule has 1 saturated heterocycles. The highest BCUT2D eigenvalue weighted by Crippen LogP contribution is 2.23. The van der Waals surface area contributed by atoms with Crippen molar-refractivity contribution < 1.29 is 9.21 Å². The van der Waals surface area contributed by atoms with Crippen molar-refractivity contribution >= 4 is 17.2 Å². The van der Waals surface area contributed by atoms with Crippen molar-refractivity contribution in [2.24, 2.45) is 0 Å². The molecule has 134 valence electrons. The molecule has 2 aromatic rings. The molecule has 4 rings (SSSR count). The smallest absolute Gasteiger partial charge is 0.257 e. The molecule has 2 aliphatic rings. The van der Waals surface area contributed by atoms with Crippen molar-refractivity contribution in [2.75, 3.05) is 26.2 Å². The third-order valence-electron chi connectivity index (χ3n) is 4.82. The van der Waals surface area contributed by atoms with E-state index < -0.39 is 0 Å². The number of amides is 1. The number of aromatic nitrogens is 2. The lowest BCUT2D eigenvalue weighted by atomic mass is 10.2. The number of carbonyl (C=O) groups is 1. The van der Waals surface area contributed by atoms with Gasteiger partial charge in [0.1, 0.15) is 0 Å². The molecule has 7 nitrogen and oxygen atoms in total. The Morgan fingerprint density at radius 2 is 2.16 bits per heavy atom. The van der Waals surface area contributed by atoms with Crippen molar-refractivity contribution in [2.45, 2.75) is 38.4 Å². The predicted octanol–water partition coefficient (Wildman–Crippen LogP) is 1.58. The van der Waals surface area contributed by atoms with Crippen molar-refractivity contribution in [1.82, 2.24) is 25.3 Å². The van der Waals surface area contributed by atoms with Gasteiger partial charge in [0.25, 0.3) is 5.89 Å². The second kappa shape index (κ2) is 7.23. The molecule has 1 saturated carbocycles. The Morgan fingerprint density at radius 1 is 1.36 bits per heavy atom. The van der Waals surface area contributed by atoms with Gasteiger partial charge in [0, 0.05) is 32.2 Å². The highest BCUT2D eigenvalue weighted by molar-refractivity contribution is 7.13. The van der Waals surface area contributed by atoms with Crippen LogP contribution >= 0.6 is 11.3 Å². The Hall–Kier alpha value is -1.77. The van der Waals surface area contributed by atoms with Gasteiger partial charge < -0.3 is 9.73 Å². The van der Waals surface area contributed by atoms with Crippen LogP contribution in [-0.4, -0.2) is 64.2 Å². The van der Waals surface area contributed by atoms with Crippen molar-refractivity contribution in [3.8, 4) is 10.8 Å². The van der Waals surface area contributed by atoms with E-state index in [1.807, 2.05) is 24.4 Å². The van der Waals surface area contributed by atoms with E-state index in [0.29, 0.717) is 24.4 Å². The number of thiophene rings is 1. The number of hydrogen-bond acceptors (Lipinski definition) is 7. The maximum Gasteiger partial charge on any atom is 0.257 e. The van der Waals surface area contributed by atoms with Gasteiger partial charge in [0.2, 0.25) is 11.8 Å². The second-order valence-corrected chi connectivity index (χ2v) is 7.70. The van der Waals surface area contributed by atoms with Gasteiger partial charge in [-0.15, -0.1) is 21.5 Å². The fourth-order valence-corrected chi connectivity index (χ4v) is 3.68. The molecular formula is C17H23N5O2S. The lowest BCUT2D eigenvalue weighted by molar-refractivity contribution is -0.126. The van der Waals surface area contributed by atoms with Gasteiger partial charge >= 0.3 is 0 Å². The molecule has 1 atom stereocenters. The zero-order valence-electron chi connectivity index (χ0n) is 14.4. The Morgan fingerprint density at radius 3 is 2.84 bits per heavy atom. The van der Waals surface area contributed by atoms with Crippen molar-refractivity contribution in [3.05, 3.63) is 23.4 Å². The Balaban J connectivity index is 1.26. The summed E-state index contributed by atoms with van der Waals surface area (Å²) in [6.45, 7) is 6.22. The number of piperazine rings is 1. The summed E-state index contributed by atoms with van der Waals surface area (Å²) in [6.07, 6.45) is 2.26. The minimum atomic E-state index is -0.0587. The molecule has 8 heteroatoms. The van der Waals surface area contributed by atoms with Gasteiger partial charge in [0.05, 0.1) is 17.5 Å². The normalized spacial score (nSPS) is 20.5. The van der Waals surface area contributed by atoms with Crippen molar-refractivity contribution in [3.63, 3.8) is 0 Å². The molecule has 0 bridgehead atoms. The fourth-order valence-electron chi connectivity index (χ4n) is 3.03. The van der Waals surface area contributed by atoms with Gasteiger partial charge in [-0.05, 0) is 31.2 Å². The highest BCUT2D eigenvalue weighted by atomic mass is 32.1. The molecule has 1 unspecified atom stereocenters. The molecule has 1 aliphatic heterocycles. The SMILES string of the molecule is CC(C(=O)NC1CC1)N1CCN(Cc2nnc(-c3cccs3)o2)CC1. The molecule has 1 N–H and O–H groups in total. The van der Waals surface area contributed by atoms with Gasteiger partial charge in [-0.25, -0.2) is 0 Å². The first-order valence-electron chi connectivity index (χ1n) is 8.82. The third-order valence-corrected chi connectivity index (χ3v) is 5.67. The standard InChI is InChI=1S/C17H23N5O2S/c1-12(16(23)18-13-4-5-13)22-8-6-21(7-9-22)11-15-19-20-17(24-15)14-3-2-10-25-14/h2-3,10,12-13H,4-9,11H2,1H3,(H,18,23). The number of carbonyl (C=O) groups excluding carboxylic acids is 1. The van der Waals surface area contributed by atoms with E-state index in [2.05, 4.69) is 25.3 Å². The summed E-state index contributed by atoms with van der Waals surface area (Å²) in [5.74, 6) is 1.40. The Bertz CT molecular complexity index is 704. The summed E-state index contributed by atoms with van der Waals surface area (Å²) < 4.78 is 5.76. The van der Waals surface area contributed by atoms with Crippen LogP contribution in [-0.2, 0) is 11.3 Å². The predicted molar refractivity (Wildman–Crippen MR) is 95.1 cm³/mol. The summed E-state index contributed by atoms with van der Waals surface area (Å²) in [6, 6.07) is 4.32. The van der Waals surface area contributed by atoms with Crippen LogP contribution in [0, 0.1) is 0 Å². The molecule has 25 heavy (non-hydrogen) atoms. The average molecular weight is 361 g/mol. The Kier molecular flexibility index (Phi) is 4.82. The van der Waals surface area contributed by atoms with E-state index in [1.54, 1.807) is 11.3 Å². The van der Waals surface area contributed by atoms with E-state index >= 15 is 0 Å². The molecule has 2 aromatic heterocycles. The molecule has 0 aromatic carbocycles. The molecule has 1 aliphatic carbocycles. The van der Waals surface area contributed by atoms with Crippen LogP contribution in [0.2, 0.25) is 0 Å². The van der Waals surface area contributed by atoms with Crippen LogP contribution in [0.25, 0.3) is 10.8 Å². The number of nitrogens with zero attached hydrogens (tertiary/aromatic N) is 4. The zero-order chi connectivity index (χ0) is 17.2. The lowest BCUT2D eigenvalue weighted by Gasteiger charge is -2.36. The first-order valence-corrected chi connectivity index (χ1v) is 9.70. The molecular weight excluding hydrogens is 338 g/mol. The highest BCUT2D eigenvalue weighted by Gasteiger charge is 2.30. The minimum absolute atomic E-state index is 0.0587. The monoisotopic (exact) mass is 361 g/mol. The number of rotatable bonds is 6. The van der Waals surface area contributed by atoms with Crippen LogP contribution in [0.15, 0.2) is 21.9 Å².